The van der Waals surface area contributed by atoms with Gasteiger partial charge in [0.2, 0.25) is 11.8 Å². The summed E-state index contributed by atoms with van der Waals surface area (Å²) in [7, 11) is 1.30. The number of anilines is 1. The summed E-state index contributed by atoms with van der Waals surface area (Å²) < 4.78 is 45.9. The van der Waals surface area contributed by atoms with Crippen LogP contribution in [-0.2, 0) is 35.6 Å². The van der Waals surface area contributed by atoms with Crippen LogP contribution in [0.1, 0.15) is 61.1 Å². The number of allylic oxidation sites excluding steroid dienone is 2. The number of alkyl halides is 3. The second kappa shape index (κ2) is 15.1. The van der Waals surface area contributed by atoms with Crippen LogP contribution in [0, 0.1) is 23.7 Å². The summed E-state index contributed by atoms with van der Waals surface area (Å²) in [5.74, 6) is -9.09. The van der Waals surface area contributed by atoms with Gasteiger partial charge in [-0.05, 0) is 73.1 Å². The monoisotopic (exact) mass is 848 g/mol. The molecule has 18 heteroatoms. The summed E-state index contributed by atoms with van der Waals surface area (Å²) in [6.45, 7) is 0.0781. The van der Waals surface area contributed by atoms with E-state index in [4.69, 9.17) is 44.6 Å². The van der Waals surface area contributed by atoms with E-state index in [9.17, 15) is 37.5 Å². The molecular weight excluding hydrogens is 816 g/mol. The predicted molar refractivity (Wildman–Crippen MR) is 199 cm³/mol. The number of nitrogens with one attached hydrogen (secondary N) is 1. The van der Waals surface area contributed by atoms with Crippen molar-refractivity contribution in [3.8, 4) is 11.5 Å². The number of fused-ring (bicyclic) bond motifs is 4. The number of nitrogens with zero attached hydrogens (tertiary/aromatic N) is 3. The quantitative estimate of drug-likeness (QED) is 0.101. The van der Waals surface area contributed by atoms with Crippen molar-refractivity contribution in [2.75, 3.05) is 19.1 Å². The third-order valence-electron chi connectivity index (χ3n) is 11.5. The lowest BCUT2D eigenvalue weighted by molar-refractivity contribution is -0.141. The molecular formula is C39H34Cl3F3N4O8. The number of likely N-dealkylation sites (tertiary alicyclic amines) is 1. The molecule has 4 amide bonds. The number of imide groups is 2. The van der Waals surface area contributed by atoms with E-state index in [1.165, 1.54) is 36.3 Å². The van der Waals surface area contributed by atoms with Gasteiger partial charge in [0, 0.05) is 30.1 Å². The van der Waals surface area contributed by atoms with Crippen LogP contribution in [0.25, 0.3) is 0 Å². The van der Waals surface area contributed by atoms with Crippen LogP contribution in [0.15, 0.2) is 60.3 Å². The molecule has 0 unspecified atom stereocenters. The van der Waals surface area contributed by atoms with Crippen molar-refractivity contribution >= 4 is 70.2 Å². The van der Waals surface area contributed by atoms with Gasteiger partial charge in [0.15, 0.2) is 17.3 Å². The highest BCUT2D eigenvalue weighted by Gasteiger charge is 2.70. The minimum Gasteiger partial charge on any atom is -0.503 e. The van der Waals surface area contributed by atoms with Crippen LogP contribution < -0.4 is 10.2 Å². The lowest BCUT2D eigenvalue weighted by atomic mass is 9.49. The molecule has 2 aliphatic heterocycles. The number of carboxylic acid groups (broad SMARTS) is 1. The van der Waals surface area contributed by atoms with Crippen molar-refractivity contribution in [1.29, 1.82) is 0 Å². The first-order chi connectivity index (χ1) is 27.0. The molecule has 2 aromatic carbocycles. The zero-order valence-electron chi connectivity index (χ0n) is 30.0. The summed E-state index contributed by atoms with van der Waals surface area (Å²) in [6.07, 6.45) is -1.26. The first-order valence-corrected chi connectivity index (χ1v) is 19.1. The number of benzene rings is 2. The summed E-state index contributed by atoms with van der Waals surface area (Å²) in [5, 5.41) is 20.1. The third kappa shape index (κ3) is 6.76. The maximum Gasteiger partial charge on any atom is 0.417 e. The van der Waals surface area contributed by atoms with Gasteiger partial charge in [0.1, 0.15) is 0 Å². The minimum absolute atomic E-state index is 0.0491. The molecule has 300 valence electrons. The highest BCUT2D eigenvalue weighted by atomic mass is 35.5. The standard InChI is InChI=1S/C39H34Cl3F3N4O8/c1-57-28-14-18(13-26(41)32(28)52)31-22-10-11-23-30(36(55)48(34(23)53)12-4-2-3-5-29(50)51)24(22)16-25-35(54)49(37(56)38(25,31)19-6-8-21(40)9-7-19)47-33-27(42)15-20(17-46-33)39(43,44)45/h6-10,13-15,17,23-25,30-31,52H,2-5,11-12,16H2,1H3,(H,46,47)(H,50,51)/t23-,24+,25-,30-,31-,38+/m0/s1. The van der Waals surface area contributed by atoms with Gasteiger partial charge in [-0.2, -0.15) is 18.2 Å². The maximum atomic E-state index is 15.3. The van der Waals surface area contributed by atoms with E-state index < -0.39 is 81.3 Å². The molecule has 0 spiro atoms. The van der Waals surface area contributed by atoms with E-state index in [2.05, 4.69) is 10.4 Å². The topological polar surface area (TPSA) is 166 Å². The Morgan fingerprint density at radius 3 is 2.35 bits per heavy atom. The fourth-order valence-electron chi connectivity index (χ4n) is 9.08. The number of unbranched alkanes of at least 4 members (excludes halogenated alkanes) is 2. The molecule has 0 radical (unpaired) electrons. The van der Waals surface area contributed by atoms with Crippen LogP contribution in [-0.4, -0.2) is 68.4 Å². The number of methoxy groups -OCH3 is 1. The molecule has 57 heavy (non-hydrogen) atoms. The van der Waals surface area contributed by atoms with Gasteiger partial charge in [-0.25, -0.2) is 4.98 Å². The molecule has 2 saturated heterocycles. The number of pyridine rings is 1. The van der Waals surface area contributed by atoms with Gasteiger partial charge < -0.3 is 14.9 Å². The van der Waals surface area contributed by atoms with Gasteiger partial charge in [-0.3, -0.25) is 34.3 Å². The molecule has 3 N–H and O–H groups in total. The smallest absolute Gasteiger partial charge is 0.417 e. The molecule has 1 aromatic heterocycles. The van der Waals surface area contributed by atoms with E-state index >= 15 is 4.79 Å². The number of phenols is 1. The van der Waals surface area contributed by atoms with E-state index in [1.54, 1.807) is 18.2 Å². The van der Waals surface area contributed by atoms with Crippen LogP contribution in [0.4, 0.5) is 19.0 Å². The first-order valence-electron chi connectivity index (χ1n) is 18.0. The van der Waals surface area contributed by atoms with Gasteiger partial charge in [0.25, 0.3) is 11.8 Å². The number of halogens is 6. The Kier molecular flexibility index (Phi) is 10.7. The predicted octanol–water partition coefficient (Wildman–Crippen LogP) is 7.40. The number of aliphatic carboxylic acids is 1. The van der Waals surface area contributed by atoms with Crippen LogP contribution in [0.5, 0.6) is 11.5 Å². The Hall–Kier alpha value is -4.86. The Bertz CT molecular complexity index is 2220. The van der Waals surface area contributed by atoms with Crippen molar-refractivity contribution < 1.29 is 52.1 Å². The van der Waals surface area contributed by atoms with Crippen LogP contribution in [0.2, 0.25) is 15.1 Å². The number of hydrogen-bond donors (Lipinski definition) is 3. The molecule has 4 aliphatic rings. The molecule has 3 aromatic rings. The highest BCUT2D eigenvalue weighted by molar-refractivity contribution is 6.33. The average Bonchev–Trinajstić information content (AvgIpc) is 3.53. The number of amides is 4. The zero-order valence-corrected chi connectivity index (χ0v) is 32.3. The SMILES string of the molecule is COc1cc([C@H]2C3=CC[C@@H]4C(=O)N(CCCCCC(=O)O)C(=O)[C@@H]4[C@@H]3C[C@H]3C(=O)N(Nc4ncc(C(F)(F)F)cc4Cl)C(=O)[C@@]23c2ccc(Cl)cc2)cc(Cl)c1O. The van der Waals surface area contributed by atoms with E-state index in [0.717, 1.165) is 0 Å². The number of aromatic nitrogens is 1. The second-order valence-corrected chi connectivity index (χ2v) is 15.8. The number of ether oxygens (including phenoxy) is 1. The summed E-state index contributed by atoms with van der Waals surface area (Å²) in [6, 6.07) is 9.77. The van der Waals surface area contributed by atoms with Crippen molar-refractivity contribution in [2.24, 2.45) is 23.7 Å². The number of carbonyl (C=O) groups excluding carboxylic acids is 4. The van der Waals surface area contributed by atoms with Crippen molar-refractivity contribution in [3.63, 3.8) is 0 Å². The van der Waals surface area contributed by atoms with E-state index in [-0.39, 0.29) is 48.2 Å². The first kappa shape index (κ1) is 40.3. The van der Waals surface area contributed by atoms with E-state index in [0.29, 0.717) is 58.3 Å². The lowest BCUT2D eigenvalue weighted by Gasteiger charge is -2.50. The molecule has 0 bridgehead atoms. The maximum absolute atomic E-state index is 15.3. The molecule has 2 aliphatic carbocycles. The summed E-state index contributed by atoms with van der Waals surface area (Å²) >= 11 is 19.1. The molecule has 3 heterocycles. The number of phenolic OH excluding ortho intramolecular Hbond substituents is 1. The molecule has 7 rings (SSSR count). The van der Waals surface area contributed by atoms with Crippen molar-refractivity contribution in [1.82, 2.24) is 14.9 Å². The van der Waals surface area contributed by atoms with Crippen molar-refractivity contribution in [3.05, 3.63) is 92.1 Å². The second-order valence-electron chi connectivity index (χ2n) is 14.5. The Labute approximate surface area is 338 Å². The Balaban J connectivity index is 1.37. The number of hydrogen-bond acceptors (Lipinski definition) is 9. The minimum atomic E-state index is -4.78. The summed E-state index contributed by atoms with van der Waals surface area (Å²) in [5.41, 5.74) is 0.806. The van der Waals surface area contributed by atoms with Gasteiger partial charge in [0.05, 0.1) is 45.9 Å². The molecule has 1 saturated carbocycles. The van der Waals surface area contributed by atoms with Crippen LogP contribution in [0.3, 0.4) is 0 Å². The van der Waals surface area contributed by atoms with Crippen molar-refractivity contribution in [2.45, 2.75) is 56.0 Å². The fraction of sp³-hybridized carbons (Fsp3) is 0.385. The normalized spacial score (nSPS) is 25.6. The fourth-order valence-corrected chi connectivity index (χ4v) is 9.64. The number of hydrazine groups is 1. The highest BCUT2D eigenvalue weighted by Crippen LogP contribution is 2.64. The van der Waals surface area contributed by atoms with Gasteiger partial charge >= 0.3 is 12.1 Å². The van der Waals surface area contributed by atoms with E-state index in [1.807, 2.05) is 0 Å². The Morgan fingerprint density at radius 2 is 1.70 bits per heavy atom. The molecule has 3 fully saturated rings. The average molecular weight is 850 g/mol. The molecule has 6 atom stereocenters. The van der Waals surface area contributed by atoms with Crippen LogP contribution >= 0.6 is 34.8 Å². The zero-order chi connectivity index (χ0) is 41.1. The number of carboxylic acids is 1. The number of aromatic hydroxyl groups is 1. The Morgan fingerprint density at radius 1 is 0.982 bits per heavy atom. The number of rotatable bonds is 11. The number of carbonyl (C=O) groups is 5. The third-order valence-corrected chi connectivity index (χ3v) is 12.4. The lowest BCUT2D eigenvalue weighted by Crippen LogP contribution is -2.53. The largest absolute Gasteiger partial charge is 0.503 e. The van der Waals surface area contributed by atoms with Gasteiger partial charge in [-0.1, -0.05) is 65.0 Å². The van der Waals surface area contributed by atoms with Gasteiger partial charge in [-0.15, -0.1) is 0 Å². The molecule has 12 nitrogen and oxygen atoms in total. The summed E-state index contributed by atoms with van der Waals surface area (Å²) in [4.78, 5) is 74.3.